The van der Waals surface area contributed by atoms with E-state index in [4.69, 9.17) is 16.3 Å². The Bertz CT molecular complexity index is 945. The molecule has 1 aromatic heterocycles. The van der Waals surface area contributed by atoms with Crippen LogP contribution in [0.2, 0.25) is 5.02 Å². The maximum atomic E-state index is 12.7. The Balaban J connectivity index is 2.51. The molecule has 2 aromatic rings. The third kappa shape index (κ3) is 4.10. The molecule has 7 nitrogen and oxygen atoms in total. The number of halogens is 1. The molecule has 0 radical (unpaired) electrons. The molecule has 0 aliphatic carbocycles. The minimum Gasteiger partial charge on any atom is -0.493 e. The highest BCUT2D eigenvalue weighted by Gasteiger charge is 2.19. The molecule has 0 saturated heterocycles. The second-order valence-corrected chi connectivity index (χ2v) is 6.13. The third-order valence-electron chi connectivity index (χ3n) is 3.92. The first-order valence-electron chi connectivity index (χ1n) is 7.94. The highest BCUT2D eigenvalue weighted by atomic mass is 35.5. The van der Waals surface area contributed by atoms with Gasteiger partial charge >= 0.3 is 0 Å². The Morgan fingerprint density at radius 1 is 1.35 bits per heavy atom. The number of aryl methyl sites for hydroxylation is 1. The third-order valence-corrected chi connectivity index (χ3v) is 4.33. The summed E-state index contributed by atoms with van der Waals surface area (Å²) in [6, 6.07) is 7.07. The standard InChI is InChI=1S/C18H19ClN4O3/c1-11-5-6-13(9-15(11)19)21-22-16-12(2)14(10-20)17(24)23(18(16)25)7-4-8-26-3/h5-6,9,24H,4,7-8H2,1-3H3. The van der Waals surface area contributed by atoms with Crippen molar-refractivity contribution >= 4 is 23.0 Å². The molecule has 1 heterocycles. The van der Waals surface area contributed by atoms with Crippen LogP contribution in [0.5, 0.6) is 5.88 Å². The van der Waals surface area contributed by atoms with E-state index in [1.54, 1.807) is 32.2 Å². The van der Waals surface area contributed by atoms with Gasteiger partial charge in [0.15, 0.2) is 5.69 Å². The van der Waals surface area contributed by atoms with Crippen molar-refractivity contribution < 1.29 is 9.84 Å². The van der Waals surface area contributed by atoms with Gasteiger partial charge in [-0.3, -0.25) is 9.36 Å². The van der Waals surface area contributed by atoms with Gasteiger partial charge in [-0.25, -0.2) is 0 Å². The number of aromatic hydroxyl groups is 1. The highest BCUT2D eigenvalue weighted by Crippen LogP contribution is 2.28. The second-order valence-electron chi connectivity index (χ2n) is 5.72. The summed E-state index contributed by atoms with van der Waals surface area (Å²) in [5.41, 5.74) is 1.15. The second kappa shape index (κ2) is 8.61. The van der Waals surface area contributed by atoms with Gasteiger partial charge in [0.25, 0.3) is 5.56 Å². The largest absolute Gasteiger partial charge is 0.493 e. The maximum absolute atomic E-state index is 12.7. The Kier molecular flexibility index (Phi) is 6.50. The molecule has 0 aliphatic rings. The molecule has 1 aromatic carbocycles. The number of rotatable bonds is 6. The monoisotopic (exact) mass is 374 g/mol. The zero-order valence-corrected chi connectivity index (χ0v) is 15.5. The molecule has 26 heavy (non-hydrogen) atoms. The predicted molar refractivity (Wildman–Crippen MR) is 98.7 cm³/mol. The maximum Gasteiger partial charge on any atom is 0.281 e. The first kappa shape index (κ1) is 19.6. The van der Waals surface area contributed by atoms with Gasteiger partial charge in [0.05, 0.1) is 5.69 Å². The van der Waals surface area contributed by atoms with Crippen molar-refractivity contribution in [2.24, 2.45) is 10.2 Å². The van der Waals surface area contributed by atoms with Gasteiger partial charge in [-0.2, -0.15) is 10.4 Å². The van der Waals surface area contributed by atoms with Crippen molar-refractivity contribution in [2.45, 2.75) is 26.8 Å². The van der Waals surface area contributed by atoms with E-state index in [-0.39, 0.29) is 29.2 Å². The number of ether oxygens (including phenoxy) is 1. The van der Waals surface area contributed by atoms with E-state index in [0.717, 1.165) is 10.1 Å². The van der Waals surface area contributed by atoms with E-state index in [1.165, 1.54) is 0 Å². The van der Waals surface area contributed by atoms with Crippen LogP contribution >= 0.6 is 11.6 Å². The number of nitriles is 1. The zero-order valence-electron chi connectivity index (χ0n) is 14.8. The molecular formula is C18H19ClN4O3. The molecule has 0 fully saturated rings. The molecule has 0 bridgehead atoms. The normalized spacial score (nSPS) is 11.0. The van der Waals surface area contributed by atoms with Crippen LogP contribution in [-0.2, 0) is 11.3 Å². The number of hydrogen-bond donors (Lipinski definition) is 1. The van der Waals surface area contributed by atoms with E-state index in [1.807, 2.05) is 13.0 Å². The van der Waals surface area contributed by atoms with Gasteiger partial charge in [-0.1, -0.05) is 17.7 Å². The zero-order chi connectivity index (χ0) is 19.3. The molecule has 0 atom stereocenters. The first-order chi connectivity index (χ1) is 12.4. The van der Waals surface area contributed by atoms with E-state index >= 15 is 0 Å². The van der Waals surface area contributed by atoms with Crippen LogP contribution in [-0.4, -0.2) is 23.4 Å². The van der Waals surface area contributed by atoms with Crippen LogP contribution in [0, 0.1) is 25.2 Å². The molecule has 0 aliphatic heterocycles. The van der Waals surface area contributed by atoms with Gasteiger partial charge < -0.3 is 9.84 Å². The van der Waals surface area contributed by atoms with Crippen molar-refractivity contribution in [3.63, 3.8) is 0 Å². The molecule has 8 heteroatoms. The molecule has 1 N–H and O–H groups in total. The van der Waals surface area contributed by atoms with Gasteiger partial charge in [0.1, 0.15) is 11.6 Å². The predicted octanol–water partition coefficient (Wildman–Crippen LogP) is 4.15. The van der Waals surface area contributed by atoms with Gasteiger partial charge in [-0.05, 0) is 38.0 Å². The van der Waals surface area contributed by atoms with Crippen molar-refractivity contribution in [3.05, 3.63) is 50.3 Å². The lowest BCUT2D eigenvalue weighted by Gasteiger charge is -2.12. The molecule has 2 rings (SSSR count). The fraction of sp³-hybridized carbons (Fsp3) is 0.333. The lowest BCUT2D eigenvalue weighted by Crippen LogP contribution is -2.22. The topological polar surface area (TPSA) is 100.0 Å². The molecule has 0 saturated carbocycles. The molecule has 0 amide bonds. The lowest BCUT2D eigenvalue weighted by atomic mass is 10.1. The Labute approximate surface area is 156 Å². The Morgan fingerprint density at radius 3 is 2.69 bits per heavy atom. The van der Waals surface area contributed by atoms with Crippen molar-refractivity contribution in [1.29, 1.82) is 5.26 Å². The van der Waals surface area contributed by atoms with Crippen molar-refractivity contribution in [2.75, 3.05) is 13.7 Å². The summed E-state index contributed by atoms with van der Waals surface area (Å²) in [6.07, 6.45) is 0.502. The van der Waals surface area contributed by atoms with Gasteiger partial charge in [-0.15, -0.1) is 5.11 Å². The number of benzene rings is 1. The lowest BCUT2D eigenvalue weighted by molar-refractivity contribution is 0.188. The SMILES string of the molecule is COCCCn1c(O)c(C#N)c(C)c(N=Nc2ccc(C)c(Cl)c2)c1=O. The summed E-state index contributed by atoms with van der Waals surface area (Å²) in [5, 5.41) is 28.2. The number of aromatic nitrogens is 1. The van der Waals surface area contributed by atoms with Gasteiger partial charge in [0.2, 0.25) is 5.88 Å². The molecule has 136 valence electrons. The van der Waals surface area contributed by atoms with Crippen molar-refractivity contribution in [1.82, 2.24) is 4.57 Å². The summed E-state index contributed by atoms with van der Waals surface area (Å²) >= 11 is 6.07. The van der Waals surface area contributed by atoms with Crippen LogP contribution in [0.1, 0.15) is 23.1 Å². The van der Waals surface area contributed by atoms with Crippen molar-refractivity contribution in [3.8, 4) is 11.9 Å². The van der Waals surface area contributed by atoms with E-state index in [2.05, 4.69) is 10.2 Å². The van der Waals surface area contributed by atoms with Crippen LogP contribution in [0.3, 0.4) is 0 Å². The summed E-state index contributed by atoms with van der Waals surface area (Å²) in [6.45, 7) is 4.04. The van der Waals surface area contributed by atoms with Crippen LogP contribution in [0.15, 0.2) is 33.2 Å². The molecule has 0 spiro atoms. The van der Waals surface area contributed by atoms with E-state index < -0.39 is 5.56 Å². The highest BCUT2D eigenvalue weighted by molar-refractivity contribution is 6.31. The fourth-order valence-corrected chi connectivity index (χ4v) is 2.56. The number of azo groups is 1. The quantitative estimate of drug-likeness (QED) is 0.606. The van der Waals surface area contributed by atoms with E-state index in [9.17, 15) is 15.2 Å². The Morgan fingerprint density at radius 2 is 2.08 bits per heavy atom. The molecule has 0 unspecified atom stereocenters. The number of pyridine rings is 1. The number of hydrogen-bond acceptors (Lipinski definition) is 6. The van der Waals surface area contributed by atoms with Crippen LogP contribution in [0.25, 0.3) is 0 Å². The number of methoxy groups -OCH3 is 1. The summed E-state index contributed by atoms with van der Waals surface area (Å²) in [5.74, 6) is -0.372. The van der Waals surface area contributed by atoms with Crippen LogP contribution < -0.4 is 5.56 Å². The first-order valence-corrected chi connectivity index (χ1v) is 8.31. The number of nitrogens with zero attached hydrogens (tertiary/aromatic N) is 4. The van der Waals surface area contributed by atoms with Gasteiger partial charge in [0, 0.05) is 30.8 Å². The smallest absolute Gasteiger partial charge is 0.281 e. The Hall–Kier alpha value is -2.69. The fourth-order valence-electron chi connectivity index (χ4n) is 2.38. The summed E-state index contributed by atoms with van der Waals surface area (Å²) in [7, 11) is 1.55. The summed E-state index contributed by atoms with van der Waals surface area (Å²) < 4.78 is 6.08. The minimum atomic E-state index is -0.517. The summed E-state index contributed by atoms with van der Waals surface area (Å²) in [4.78, 5) is 12.7. The van der Waals surface area contributed by atoms with Crippen LogP contribution in [0.4, 0.5) is 11.4 Å². The average molecular weight is 375 g/mol. The minimum absolute atomic E-state index is 0.00194. The molecular weight excluding hydrogens is 356 g/mol. The van der Waals surface area contributed by atoms with E-state index in [0.29, 0.717) is 23.7 Å². The average Bonchev–Trinajstić information content (AvgIpc) is 2.61.